The second-order valence-electron chi connectivity index (χ2n) is 5.84. The number of benzene rings is 1. The lowest BCUT2D eigenvalue weighted by atomic mass is 10.2. The minimum absolute atomic E-state index is 0.0870. The number of hydrogen-bond donors (Lipinski definition) is 0. The lowest BCUT2D eigenvalue weighted by molar-refractivity contribution is -0.386. The number of aromatic nitrogens is 2. The van der Waals surface area contributed by atoms with Crippen LogP contribution >= 0.6 is 11.6 Å². The van der Waals surface area contributed by atoms with E-state index >= 15 is 0 Å². The summed E-state index contributed by atoms with van der Waals surface area (Å²) in [5, 5.41) is 14.1. The molecule has 9 nitrogen and oxygen atoms in total. The largest absolute Gasteiger partial charge is 0.471 e. The number of carbonyl (C=O) groups is 1. The molecule has 30 heavy (non-hydrogen) atoms. The van der Waals surface area contributed by atoms with Crippen LogP contribution in [0.3, 0.4) is 0 Å². The molecular weight excluding hydrogens is 435 g/mol. The zero-order valence-corrected chi connectivity index (χ0v) is 16.8. The predicted octanol–water partition coefficient (Wildman–Crippen LogP) is 4.51. The molecule has 0 aliphatic heterocycles. The van der Waals surface area contributed by atoms with Gasteiger partial charge in [0.25, 0.3) is 5.88 Å². The Morgan fingerprint density at radius 2 is 2.03 bits per heavy atom. The van der Waals surface area contributed by atoms with Crippen molar-refractivity contribution >= 4 is 23.3 Å². The van der Waals surface area contributed by atoms with Crippen LogP contribution in [0.5, 0.6) is 17.4 Å². The number of hydrogen-bond acceptors (Lipinski definition) is 7. The van der Waals surface area contributed by atoms with Gasteiger partial charge in [0, 0.05) is 19.2 Å². The maximum absolute atomic E-state index is 13.0. The van der Waals surface area contributed by atoms with Crippen molar-refractivity contribution in [3.05, 3.63) is 39.0 Å². The number of rotatable bonds is 8. The fourth-order valence-electron chi connectivity index (χ4n) is 2.45. The average Bonchev–Trinajstić information content (AvgIpc) is 2.93. The van der Waals surface area contributed by atoms with E-state index in [1.54, 1.807) is 13.8 Å². The Labute approximate surface area is 173 Å². The molecule has 0 radical (unpaired) electrons. The van der Waals surface area contributed by atoms with Gasteiger partial charge in [-0.3, -0.25) is 14.8 Å². The van der Waals surface area contributed by atoms with Gasteiger partial charge in [-0.2, -0.15) is 13.2 Å². The first-order valence-corrected chi connectivity index (χ1v) is 8.96. The second-order valence-corrected chi connectivity index (χ2v) is 6.22. The van der Waals surface area contributed by atoms with E-state index in [4.69, 9.17) is 25.8 Å². The summed E-state index contributed by atoms with van der Waals surface area (Å²) in [5.41, 5.74) is -1.70. The van der Waals surface area contributed by atoms with Gasteiger partial charge in [0.15, 0.2) is 11.8 Å². The number of aryl methyl sites for hydroxylation is 1. The number of ether oxygens (including phenoxy) is 3. The fraction of sp³-hybridized carbons (Fsp3) is 0.412. The highest BCUT2D eigenvalue weighted by Crippen LogP contribution is 2.41. The van der Waals surface area contributed by atoms with Crippen molar-refractivity contribution < 1.29 is 37.1 Å². The van der Waals surface area contributed by atoms with Gasteiger partial charge in [0.1, 0.15) is 10.8 Å². The number of nitrogens with zero attached hydrogens (tertiary/aromatic N) is 3. The minimum atomic E-state index is -4.77. The predicted molar refractivity (Wildman–Crippen MR) is 97.7 cm³/mol. The normalized spacial score (nSPS) is 12.4. The quantitative estimate of drug-likeness (QED) is 0.330. The number of nitro benzene ring substituents is 1. The molecule has 1 aromatic heterocycles. The zero-order valence-electron chi connectivity index (χ0n) is 16.0. The van der Waals surface area contributed by atoms with Crippen molar-refractivity contribution in [2.75, 3.05) is 6.61 Å². The molecule has 0 fully saturated rings. The molecule has 13 heteroatoms. The van der Waals surface area contributed by atoms with Crippen LogP contribution in [0.25, 0.3) is 0 Å². The van der Waals surface area contributed by atoms with E-state index in [9.17, 15) is 28.1 Å². The first-order valence-electron chi connectivity index (χ1n) is 8.58. The third-order valence-electron chi connectivity index (χ3n) is 3.76. The zero-order chi connectivity index (χ0) is 22.6. The van der Waals surface area contributed by atoms with Gasteiger partial charge in [0.05, 0.1) is 11.5 Å². The maximum Gasteiger partial charge on any atom is 0.434 e. The molecule has 1 atom stereocenters. The van der Waals surface area contributed by atoms with E-state index in [-0.39, 0.29) is 24.5 Å². The monoisotopic (exact) mass is 451 g/mol. The highest BCUT2D eigenvalue weighted by atomic mass is 35.5. The Morgan fingerprint density at radius 3 is 2.53 bits per heavy atom. The van der Waals surface area contributed by atoms with E-state index in [0.717, 1.165) is 25.2 Å². The molecule has 0 saturated heterocycles. The first kappa shape index (κ1) is 23.3. The number of nitro groups is 1. The number of esters is 1. The van der Waals surface area contributed by atoms with Crippen molar-refractivity contribution in [3.63, 3.8) is 0 Å². The third kappa shape index (κ3) is 5.12. The van der Waals surface area contributed by atoms with Crippen LogP contribution in [0.2, 0.25) is 5.02 Å². The summed E-state index contributed by atoms with van der Waals surface area (Å²) >= 11 is 5.74. The third-order valence-corrected chi connectivity index (χ3v) is 4.10. The lowest BCUT2D eigenvalue weighted by Crippen LogP contribution is -2.28. The molecule has 0 aliphatic rings. The van der Waals surface area contributed by atoms with Crippen molar-refractivity contribution in [1.29, 1.82) is 0 Å². The molecule has 0 saturated carbocycles. The van der Waals surface area contributed by atoms with Crippen LogP contribution in [0.15, 0.2) is 18.2 Å². The SMILES string of the molecule is CCOC(=O)[C@H](CC)Oc1cc(Oc2nn(C)c(C(F)(F)F)c2Cl)ccc1[N+](=O)[O-]. The summed E-state index contributed by atoms with van der Waals surface area (Å²) in [6.07, 6.45) is -5.74. The van der Waals surface area contributed by atoms with Gasteiger partial charge in [-0.05, 0) is 19.4 Å². The molecule has 1 aromatic carbocycles. The molecule has 2 aromatic rings. The van der Waals surface area contributed by atoms with E-state index in [1.807, 2.05) is 0 Å². The summed E-state index contributed by atoms with van der Waals surface area (Å²) in [4.78, 5) is 22.5. The standard InChI is InChI=1S/C17H17ClF3N3O6/c1-4-11(16(25)28-5-2)30-12-8-9(6-7-10(12)24(26)27)29-15-13(18)14(17(19,20)21)23(3)22-15/h6-8,11H,4-5H2,1-3H3/t11-/m0/s1. The van der Waals surface area contributed by atoms with Crippen LogP contribution in [0.4, 0.5) is 18.9 Å². The number of alkyl halides is 3. The summed E-state index contributed by atoms with van der Waals surface area (Å²) in [7, 11) is 1.04. The second kappa shape index (κ2) is 9.20. The minimum Gasteiger partial charge on any atom is -0.471 e. The van der Waals surface area contributed by atoms with Crippen LogP contribution in [-0.2, 0) is 22.8 Å². The van der Waals surface area contributed by atoms with Crippen LogP contribution in [-0.4, -0.2) is 33.4 Å². The molecule has 0 amide bonds. The van der Waals surface area contributed by atoms with Crippen molar-refractivity contribution in [1.82, 2.24) is 9.78 Å². The van der Waals surface area contributed by atoms with Crippen molar-refractivity contribution in [2.45, 2.75) is 32.5 Å². The summed E-state index contributed by atoms with van der Waals surface area (Å²) in [5.74, 6) is -1.74. The Hall–Kier alpha value is -3.02. The molecule has 0 spiro atoms. The Morgan fingerprint density at radius 1 is 1.37 bits per heavy atom. The fourth-order valence-corrected chi connectivity index (χ4v) is 2.75. The molecule has 0 bridgehead atoms. The van der Waals surface area contributed by atoms with E-state index in [2.05, 4.69) is 5.10 Å². The Kier molecular flexibility index (Phi) is 7.13. The van der Waals surface area contributed by atoms with Gasteiger partial charge in [-0.15, -0.1) is 5.10 Å². The maximum atomic E-state index is 13.0. The van der Waals surface area contributed by atoms with E-state index < -0.39 is 45.5 Å². The molecule has 164 valence electrons. The van der Waals surface area contributed by atoms with Crippen LogP contribution < -0.4 is 9.47 Å². The molecular formula is C17H17ClF3N3O6. The topological polar surface area (TPSA) is 106 Å². The summed E-state index contributed by atoms with van der Waals surface area (Å²) in [6.45, 7) is 3.29. The van der Waals surface area contributed by atoms with Gasteiger partial charge in [0.2, 0.25) is 5.75 Å². The number of halogens is 4. The molecule has 0 N–H and O–H groups in total. The molecule has 1 heterocycles. The molecule has 0 unspecified atom stereocenters. The highest BCUT2D eigenvalue weighted by Gasteiger charge is 2.39. The highest BCUT2D eigenvalue weighted by molar-refractivity contribution is 6.32. The van der Waals surface area contributed by atoms with Crippen molar-refractivity contribution in [3.8, 4) is 17.4 Å². The van der Waals surface area contributed by atoms with E-state index in [1.165, 1.54) is 0 Å². The van der Waals surface area contributed by atoms with Crippen molar-refractivity contribution in [2.24, 2.45) is 7.05 Å². The smallest absolute Gasteiger partial charge is 0.434 e. The number of carbonyl (C=O) groups excluding carboxylic acids is 1. The van der Waals surface area contributed by atoms with Crippen LogP contribution in [0, 0.1) is 10.1 Å². The van der Waals surface area contributed by atoms with Gasteiger partial charge < -0.3 is 14.2 Å². The van der Waals surface area contributed by atoms with Gasteiger partial charge in [-0.1, -0.05) is 18.5 Å². The Bertz CT molecular complexity index is 948. The molecule has 2 rings (SSSR count). The van der Waals surface area contributed by atoms with Crippen LogP contribution in [0.1, 0.15) is 26.0 Å². The lowest BCUT2D eigenvalue weighted by Gasteiger charge is -2.16. The summed E-state index contributed by atoms with van der Waals surface area (Å²) < 4.78 is 55.2. The van der Waals surface area contributed by atoms with Gasteiger partial charge >= 0.3 is 17.8 Å². The van der Waals surface area contributed by atoms with E-state index in [0.29, 0.717) is 4.68 Å². The average molecular weight is 452 g/mol. The Balaban J connectivity index is 2.39. The van der Waals surface area contributed by atoms with Gasteiger partial charge in [-0.25, -0.2) is 4.79 Å². The first-order chi connectivity index (χ1) is 14.0. The molecule has 0 aliphatic carbocycles. The summed E-state index contributed by atoms with van der Waals surface area (Å²) in [6, 6.07) is 3.21.